The van der Waals surface area contributed by atoms with Crippen molar-refractivity contribution in [2.45, 2.75) is 19.0 Å². The van der Waals surface area contributed by atoms with Gasteiger partial charge in [-0.05, 0) is 35.8 Å². The fraction of sp³-hybridized carbons (Fsp3) is 0.276. The highest BCUT2D eigenvalue weighted by molar-refractivity contribution is 5.88. The van der Waals surface area contributed by atoms with Crippen LogP contribution in [0.25, 0.3) is 5.57 Å². The van der Waals surface area contributed by atoms with Crippen LogP contribution in [0.4, 0.5) is 5.82 Å². The van der Waals surface area contributed by atoms with Crippen molar-refractivity contribution in [3.05, 3.63) is 102 Å². The fourth-order valence-electron chi connectivity index (χ4n) is 4.89. The third-order valence-corrected chi connectivity index (χ3v) is 6.86. The van der Waals surface area contributed by atoms with Gasteiger partial charge in [0.05, 0.1) is 17.8 Å². The van der Waals surface area contributed by atoms with Crippen LogP contribution < -0.4 is 21.3 Å². The molecule has 1 saturated heterocycles. The summed E-state index contributed by atoms with van der Waals surface area (Å²) in [7, 11) is 0. The maximum Gasteiger partial charge on any atom is 0.307 e. The van der Waals surface area contributed by atoms with Gasteiger partial charge in [0, 0.05) is 63.0 Å². The number of carbonyl (C=O) groups excluding carboxylic acids is 1. The summed E-state index contributed by atoms with van der Waals surface area (Å²) in [5.74, 6) is -0.942. The van der Waals surface area contributed by atoms with E-state index in [0.29, 0.717) is 17.3 Å². The molecule has 4 heterocycles. The maximum atomic E-state index is 13.5. The van der Waals surface area contributed by atoms with Gasteiger partial charge in [-0.25, -0.2) is 4.98 Å². The lowest BCUT2D eigenvalue weighted by Gasteiger charge is -2.40. The van der Waals surface area contributed by atoms with Crippen molar-refractivity contribution in [3.63, 3.8) is 0 Å². The number of carbonyl (C=O) groups is 2. The molecular formula is C29H32N8O3. The molecule has 2 aliphatic heterocycles. The number of aromatic nitrogens is 3. The van der Waals surface area contributed by atoms with Crippen LogP contribution in [0.3, 0.4) is 0 Å². The number of rotatable bonds is 10. The van der Waals surface area contributed by atoms with Crippen LogP contribution in [0.1, 0.15) is 17.5 Å². The van der Waals surface area contributed by atoms with E-state index in [2.05, 4.69) is 41.1 Å². The van der Waals surface area contributed by atoms with Crippen molar-refractivity contribution in [3.8, 4) is 0 Å². The quantitative estimate of drug-likeness (QED) is 0.258. The highest BCUT2D eigenvalue weighted by Gasteiger charge is 2.32. The molecule has 2 atom stereocenters. The van der Waals surface area contributed by atoms with Crippen LogP contribution in [0.5, 0.6) is 0 Å². The van der Waals surface area contributed by atoms with Crippen molar-refractivity contribution in [1.29, 1.82) is 0 Å². The van der Waals surface area contributed by atoms with E-state index in [1.807, 2.05) is 48.5 Å². The Labute approximate surface area is 232 Å². The highest BCUT2D eigenvalue weighted by atomic mass is 16.4. The van der Waals surface area contributed by atoms with Crippen molar-refractivity contribution >= 4 is 23.3 Å². The Morgan fingerprint density at radius 2 is 1.80 bits per heavy atom. The van der Waals surface area contributed by atoms with Gasteiger partial charge in [-0.15, -0.1) is 0 Å². The first-order chi connectivity index (χ1) is 19.6. The van der Waals surface area contributed by atoms with Crippen molar-refractivity contribution in [2.75, 3.05) is 31.5 Å². The Morgan fingerprint density at radius 3 is 2.50 bits per heavy atom. The zero-order valence-corrected chi connectivity index (χ0v) is 22.0. The van der Waals surface area contributed by atoms with Gasteiger partial charge in [-0.1, -0.05) is 30.3 Å². The molecule has 1 amide bonds. The van der Waals surface area contributed by atoms with E-state index in [0.717, 1.165) is 42.9 Å². The molecule has 1 aromatic carbocycles. The Bertz CT molecular complexity index is 1360. The normalized spacial score (nSPS) is 18.3. The van der Waals surface area contributed by atoms with Crippen molar-refractivity contribution < 1.29 is 14.7 Å². The number of allylic oxidation sites excluding steroid dienone is 2. The van der Waals surface area contributed by atoms with Crippen LogP contribution in [0.15, 0.2) is 91.0 Å². The van der Waals surface area contributed by atoms with Crippen LogP contribution in [0, 0.1) is 5.92 Å². The Balaban J connectivity index is 1.47. The number of carboxylic acids is 1. The van der Waals surface area contributed by atoms with E-state index in [1.54, 1.807) is 31.0 Å². The molecular weight excluding hydrogens is 508 g/mol. The van der Waals surface area contributed by atoms with Crippen LogP contribution in [-0.2, 0) is 16.0 Å². The fourth-order valence-corrected chi connectivity index (χ4v) is 4.89. The van der Waals surface area contributed by atoms with Crippen molar-refractivity contribution in [2.24, 2.45) is 5.92 Å². The second-order valence-electron chi connectivity index (χ2n) is 9.65. The molecule has 3 aromatic rings. The van der Waals surface area contributed by atoms with E-state index in [9.17, 15) is 14.7 Å². The molecule has 5 N–H and O–H groups in total. The third-order valence-electron chi connectivity index (χ3n) is 6.86. The monoisotopic (exact) mass is 540 g/mol. The first kappa shape index (κ1) is 27.0. The molecule has 1 fully saturated rings. The zero-order chi connectivity index (χ0) is 27.7. The molecule has 1 unspecified atom stereocenters. The summed E-state index contributed by atoms with van der Waals surface area (Å²) in [6.07, 6.45) is 9.91. The summed E-state index contributed by atoms with van der Waals surface area (Å²) >= 11 is 0. The topological polar surface area (TPSA) is 144 Å². The predicted octanol–water partition coefficient (Wildman–Crippen LogP) is 1.82. The van der Waals surface area contributed by atoms with E-state index >= 15 is 0 Å². The molecule has 40 heavy (non-hydrogen) atoms. The lowest BCUT2D eigenvalue weighted by molar-refractivity contribution is -0.143. The molecule has 0 saturated carbocycles. The molecule has 0 spiro atoms. The Kier molecular flexibility index (Phi) is 8.74. The summed E-state index contributed by atoms with van der Waals surface area (Å²) in [6.45, 7) is 3.12. The number of aliphatic carboxylic acids is 1. The number of benzene rings is 1. The summed E-state index contributed by atoms with van der Waals surface area (Å²) in [4.78, 5) is 40.4. The Morgan fingerprint density at radius 1 is 1.02 bits per heavy atom. The second kappa shape index (κ2) is 13.0. The standard InChI is InChI=1S/C29H32N8O3/c38-26(17-22(29(39)40)16-20-4-2-1-3-5-20)36-27-23(21-6-8-30-9-7-21)18-24(34-25-19-32-10-11-33-25)35-28(27)37-14-12-31-13-15-37/h1-11,18-19,22,28,31,35H,12-17H2,(H,33,34)(H,36,38)(H,39,40)/t22-,28?/m0/s1. The predicted molar refractivity (Wildman–Crippen MR) is 150 cm³/mol. The second-order valence-corrected chi connectivity index (χ2v) is 9.65. The van der Waals surface area contributed by atoms with Gasteiger partial charge >= 0.3 is 5.97 Å². The minimum Gasteiger partial charge on any atom is -0.481 e. The zero-order valence-electron chi connectivity index (χ0n) is 22.0. The molecule has 0 aliphatic carbocycles. The van der Waals surface area contributed by atoms with Crippen LogP contribution >= 0.6 is 0 Å². The number of carboxylic acid groups (broad SMARTS) is 1. The maximum absolute atomic E-state index is 13.5. The van der Waals surface area contributed by atoms with E-state index in [-0.39, 0.29) is 24.9 Å². The number of nitrogens with one attached hydrogen (secondary N) is 4. The number of hydrogen-bond donors (Lipinski definition) is 5. The number of dihydropyridines is 1. The van der Waals surface area contributed by atoms with E-state index in [4.69, 9.17) is 0 Å². The first-order valence-electron chi connectivity index (χ1n) is 13.2. The van der Waals surface area contributed by atoms with Gasteiger partial charge < -0.3 is 26.4 Å². The summed E-state index contributed by atoms with van der Waals surface area (Å²) in [5, 5.41) is 23.2. The smallest absolute Gasteiger partial charge is 0.307 e. The van der Waals surface area contributed by atoms with Gasteiger partial charge in [0.1, 0.15) is 17.8 Å². The molecule has 2 aliphatic rings. The summed E-state index contributed by atoms with van der Waals surface area (Å²) < 4.78 is 0. The first-order valence-corrected chi connectivity index (χ1v) is 13.2. The number of hydrogen-bond acceptors (Lipinski definition) is 9. The van der Waals surface area contributed by atoms with Crippen LogP contribution in [-0.4, -0.2) is 69.2 Å². The molecule has 206 valence electrons. The van der Waals surface area contributed by atoms with Gasteiger partial charge in [0.15, 0.2) is 0 Å². The number of pyridine rings is 1. The van der Waals surface area contributed by atoms with Gasteiger partial charge in [-0.2, -0.15) is 0 Å². The molecule has 11 heteroatoms. The van der Waals surface area contributed by atoms with Crippen molar-refractivity contribution in [1.82, 2.24) is 35.8 Å². The minimum absolute atomic E-state index is 0.153. The van der Waals surface area contributed by atoms with E-state index < -0.39 is 11.9 Å². The third kappa shape index (κ3) is 6.87. The van der Waals surface area contributed by atoms with Gasteiger partial charge in [0.25, 0.3) is 0 Å². The molecule has 2 aromatic heterocycles. The molecule has 5 rings (SSSR count). The highest BCUT2D eigenvalue weighted by Crippen LogP contribution is 2.28. The molecule has 0 bridgehead atoms. The lowest BCUT2D eigenvalue weighted by atomic mass is 9.95. The van der Waals surface area contributed by atoms with Gasteiger partial charge in [-0.3, -0.25) is 24.5 Å². The lowest BCUT2D eigenvalue weighted by Crippen LogP contribution is -2.58. The van der Waals surface area contributed by atoms with Crippen LogP contribution in [0.2, 0.25) is 0 Å². The number of nitrogens with zero attached hydrogens (tertiary/aromatic N) is 4. The molecule has 0 radical (unpaired) electrons. The number of piperazine rings is 1. The average molecular weight is 541 g/mol. The van der Waals surface area contributed by atoms with E-state index in [1.165, 1.54) is 0 Å². The average Bonchev–Trinajstić information content (AvgIpc) is 2.99. The number of anilines is 1. The minimum atomic E-state index is -1.00. The molecule has 11 nitrogen and oxygen atoms in total. The largest absolute Gasteiger partial charge is 0.481 e. The Hall–Kier alpha value is -4.61. The summed E-state index contributed by atoms with van der Waals surface area (Å²) in [6, 6.07) is 13.1. The number of amides is 1. The summed E-state index contributed by atoms with van der Waals surface area (Å²) in [5.41, 5.74) is 3.19. The van der Waals surface area contributed by atoms with Gasteiger partial charge in [0.2, 0.25) is 5.91 Å². The SMILES string of the molecule is O=C(C[C@H](Cc1ccccc1)C(=O)O)NC1=C(c2ccncc2)C=C(Nc2cnccn2)NC1N1CCNCC1.